The average molecular weight is 313 g/mol. The number of carbonyl (C=O) groups is 1. The van der Waals surface area contributed by atoms with Gasteiger partial charge in [-0.3, -0.25) is 4.79 Å². The molecule has 0 bridgehead atoms. The van der Waals surface area contributed by atoms with Gasteiger partial charge in [0.1, 0.15) is 5.41 Å². The summed E-state index contributed by atoms with van der Waals surface area (Å²) >= 11 is 1.53. The Bertz CT molecular complexity index is 442. The quantitative estimate of drug-likeness (QED) is 0.710. The van der Waals surface area contributed by atoms with Crippen LogP contribution in [0, 0.1) is 0 Å². The third kappa shape index (κ3) is 4.97. The van der Waals surface area contributed by atoms with E-state index in [2.05, 4.69) is 29.0 Å². The molecule has 0 aliphatic rings. The Kier molecular flexibility index (Phi) is 7.11. The van der Waals surface area contributed by atoms with Crippen molar-refractivity contribution in [3.63, 3.8) is 0 Å². The van der Waals surface area contributed by atoms with Crippen LogP contribution in [0.5, 0.6) is 0 Å². The SMILES string of the molecule is CCOC(=O)C(C)(C)c1csc(NCCN(CC)CC)n1. The number of rotatable bonds is 9. The summed E-state index contributed by atoms with van der Waals surface area (Å²) in [6, 6.07) is 0. The Labute approximate surface area is 131 Å². The zero-order valence-corrected chi connectivity index (χ0v) is 14.5. The van der Waals surface area contributed by atoms with Crippen molar-refractivity contribution < 1.29 is 9.53 Å². The molecule has 0 fully saturated rings. The van der Waals surface area contributed by atoms with E-state index >= 15 is 0 Å². The maximum absolute atomic E-state index is 12.0. The van der Waals surface area contributed by atoms with Gasteiger partial charge in [-0.05, 0) is 33.9 Å². The van der Waals surface area contributed by atoms with Crippen LogP contribution in [0.15, 0.2) is 5.38 Å². The summed E-state index contributed by atoms with van der Waals surface area (Å²) in [5.74, 6) is -0.231. The molecule has 1 aromatic rings. The maximum atomic E-state index is 12.0. The van der Waals surface area contributed by atoms with E-state index in [0.717, 1.165) is 37.0 Å². The van der Waals surface area contributed by atoms with E-state index in [1.54, 1.807) is 0 Å². The molecule has 0 aromatic carbocycles. The molecule has 120 valence electrons. The number of esters is 1. The molecule has 6 heteroatoms. The van der Waals surface area contributed by atoms with Gasteiger partial charge in [0.05, 0.1) is 12.3 Å². The fourth-order valence-corrected chi connectivity index (χ4v) is 2.83. The van der Waals surface area contributed by atoms with Crippen molar-refractivity contribution in [2.45, 2.75) is 40.0 Å². The van der Waals surface area contributed by atoms with Crippen LogP contribution in [0.3, 0.4) is 0 Å². The molecule has 21 heavy (non-hydrogen) atoms. The van der Waals surface area contributed by atoms with Crippen LogP contribution < -0.4 is 5.32 Å². The number of nitrogens with zero attached hydrogens (tertiary/aromatic N) is 2. The maximum Gasteiger partial charge on any atom is 0.317 e. The van der Waals surface area contributed by atoms with Gasteiger partial charge in [0.2, 0.25) is 0 Å². The first-order valence-electron chi connectivity index (χ1n) is 7.55. The number of anilines is 1. The predicted octanol–water partition coefficient (Wildman–Crippen LogP) is 2.74. The third-order valence-corrected chi connectivity index (χ3v) is 4.33. The number of hydrogen-bond donors (Lipinski definition) is 1. The second-order valence-corrected chi connectivity index (χ2v) is 6.20. The van der Waals surface area contributed by atoms with Gasteiger partial charge in [0.25, 0.3) is 0 Å². The molecule has 1 aromatic heterocycles. The molecule has 0 unspecified atom stereocenters. The summed E-state index contributed by atoms with van der Waals surface area (Å²) in [5, 5.41) is 6.10. The van der Waals surface area contributed by atoms with Crippen molar-refractivity contribution in [3.05, 3.63) is 11.1 Å². The number of thiazole rings is 1. The summed E-state index contributed by atoms with van der Waals surface area (Å²) < 4.78 is 5.11. The Morgan fingerprint density at radius 3 is 2.62 bits per heavy atom. The Balaban J connectivity index is 2.58. The molecule has 0 radical (unpaired) electrons. The fourth-order valence-electron chi connectivity index (χ4n) is 1.92. The largest absolute Gasteiger partial charge is 0.465 e. The van der Waals surface area contributed by atoms with Crippen LogP contribution in [0.25, 0.3) is 0 Å². The Morgan fingerprint density at radius 1 is 1.38 bits per heavy atom. The van der Waals surface area contributed by atoms with E-state index in [0.29, 0.717) is 6.61 Å². The smallest absolute Gasteiger partial charge is 0.317 e. The van der Waals surface area contributed by atoms with Crippen molar-refractivity contribution in [1.29, 1.82) is 0 Å². The standard InChI is InChI=1S/C15H27N3O2S/c1-6-18(7-2)10-9-16-14-17-12(11-21-14)15(4,5)13(19)20-8-3/h11H,6-10H2,1-5H3,(H,16,17). The van der Waals surface area contributed by atoms with Crippen LogP contribution in [0.2, 0.25) is 0 Å². The monoisotopic (exact) mass is 313 g/mol. The molecule has 0 aliphatic heterocycles. The molecular formula is C15H27N3O2S. The minimum Gasteiger partial charge on any atom is -0.465 e. The van der Waals surface area contributed by atoms with Gasteiger partial charge in [0.15, 0.2) is 5.13 Å². The van der Waals surface area contributed by atoms with Crippen molar-refractivity contribution in [1.82, 2.24) is 9.88 Å². The van der Waals surface area contributed by atoms with E-state index in [4.69, 9.17) is 4.74 Å². The van der Waals surface area contributed by atoms with E-state index < -0.39 is 5.41 Å². The lowest BCUT2D eigenvalue weighted by Crippen LogP contribution is -2.31. The first-order chi connectivity index (χ1) is 9.95. The van der Waals surface area contributed by atoms with E-state index in [1.165, 1.54) is 11.3 Å². The molecule has 0 saturated heterocycles. The second kappa shape index (κ2) is 8.34. The molecule has 1 N–H and O–H groups in total. The minimum absolute atomic E-state index is 0.231. The topological polar surface area (TPSA) is 54.5 Å². The molecule has 0 saturated carbocycles. The molecule has 0 spiro atoms. The highest BCUT2D eigenvalue weighted by Gasteiger charge is 2.33. The molecule has 1 heterocycles. The summed E-state index contributed by atoms with van der Waals surface area (Å²) in [7, 11) is 0. The van der Waals surface area contributed by atoms with E-state index in [1.807, 2.05) is 26.2 Å². The Hall–Kier alpha value is -1.14. The molecule has 0 aliphatic carbocycles. The average Bonchev–Trinajstić information content (AvgIpc) is 2.93. The van der Waals surface area contributed by atoms with Crippen LogP contribution in [0.1, 0.15) is 40.3 Å². The van der Waals surface area contributed by atoms with Crippen molar-refractivity contribution in [2.75, 3.05) is 38.1 Å². The van der Waals surface area contributed by atoms with Gasteiger partial charge in [-0.1, -0.05) is 13.8 Å². The van der Waals surface area contributed by atoms with Gasteiger partial charge in [-0.25, -0.2) is 4.98 Å². The van der Waals surface area contributed by atoms with Gasteiger partial charge < -0.3 is 15.0 Å². The number of carbonyl (C=O) groups excluding carboxylic acids is 1. The van der Waals surface area contributed by atoms with Crippen molar-refractivity contribution >= 4 is 22.4 Å². The predicted molar refractivity (Wildman–Crippen MR) is 88.1 cm³/mol. The van der Waals surface area contributed by atoms with Crippen molar-refractivity contribution in [2.24, 2.45) is 0 Å². The molecule has 5 nitrogen and oxygen atoms in total. The molecule has 0 atom stereocenters. The number of nitrogens with one attached hydrogen (secondary N) is 1. The molecule has 1 rings (SSSR count). The van der Waals surface area contributed by atoms with Crippen LogP contribution in [0.4, 0.5) is 5.13 Å². The molecular weight excluding hydrogens is 286 g/mol. The van der Waals surface area contributed by atoms with Gasteiger partial charge >= 0.3 is 5.97 Å². The van der Waals surface area contributed by atoms with Crippen LogP contribution >= 0.6 is 11.3 Å². The van der Waals surface area contributed by atoms with Gasteiger partial charge in [-0.15, -0.1) is 11.3 Å². The normalized spacial score (nSPS) is 11.7. The fraction of sp³-hybridized carbons (Fsp3) is 0.733. The summed E-state index contributed by atoms with van der Waals surface area (Å²) in [6.07, 6.45) is 0. The first kappa shape index (κ1) is 17.9. The van der Waals surface area contributed by atoms with E-state index in [-0.39, 0.29) is 5.97 Å². The van der Waals surface area contributed by atoms with Gasteiger partial charge in [0, 0.05) is 18.5 Å². The van der Waals surface area contributed by atoms with Crippen LogP contribution in [-0.4, -0.2) is 48.6 Å². The summed E-state index contributed by atoms with van der Waals surface area (Å²) in [5.41, 5.74) is 0.0574. The highest BCUT2D eigenvalue weighted by atomic mass is 32.1. The first-order valence-corrected chi connectivity index (χ1v) is 8.43. The zero-order valence-electron chi connectivity index (χ0n) is 13.7. The lowest BCUT2D eigenvalue weighted by Gasteiger charge is -2.20. The highest BCUT2D eigenvalue weighted by Crippen LogP contribution is 2.28. The Morgan fingerprint density at radius 2 is 2.05 bits per heavy atom. The minimum atomic E-state index is -0.703. The number of likely N-dealkylation sites (N-methyl/N-ethyl adjacent to an activating group) is 1. The third-order valence-electron chi connectivity index (χ3n) is 3.53. The molecule has 0 amide bonds. The lowest BCUT2D eigenvalue weighted by atomic mass is 9.90. The highest BCUT2D eigenvalue weighted by molar-refractivity contribution is 7.13. The van der Waals surface area contributed by atoms with Gasteiger partial charge in [-0.2, -0.15) is 0 Å². The second-order valence-electron chi connectivity index (χ2n) is 5.34. The lowest BCUT2D eigenvalue weighted by molar-refractivity contribution is -0.148. The van der Waals surface area contributed by atoms with Crippen LogP contribution in [-0.2, 0) is 14.9 Å². The summed E-state index contributed by atoms with van der Waals surface area (Å²) in [6.45, 7) is 14.2. The summed E-state index contributed by atoms with van der Waals surface area (Å²) in [4.78, 5) is 18.8. The van der Waals surface area contributed by atoms with Crippen molar-refractivity contribution in [3.8, 4) is 0 Å². The van der Waals surface area contributed by atoms with E-state index in [9.17, 15) is 4.79 Å². The number of ether oxygens (including phenoxy) is 1. The number of aromatic nitrogens is 1. The number of hydrogen-bond acceptors (Lipinski definition) is 6. The zero-order chi connectivity index (χ0) is 15.9.